The fraction of sp³-hybridized carbons (Fsp3) is 0.107. The van der Waals surface area contributed by atoms with E-state index < -0.39 is 0 Å². The maximum atomic E-state index is 12.9. The Kier molecular flexibility index (Phi) is 6.03. The van der Waals surface area contributed by atoms with Gasteiger partial charge in [-0.15, -0.1) is 0 Å². The van der Waals surface area contributed by atoms with Crippen LogP contribution < -0.4 is 0 Å². The number of rotatable bonds is 6. The second-order valence-electron chi connectivity index (χ2n) is 8.13. The van der Waals surface area contributed by atoms with Crippen LogP contribution in [0.2, 0.25) is 0 Å². The van der Waals surface area contributed by atoms with Crippen molar-refractivity contribution in [1.82, 2.24) is 19.6 Å². The Morgan fingerprint density at radius 1 is 0.824 bits per heavy atom. The highest BCUT2D eigenvalue weighted by Crippen LogP contribution is 2.30. The first-order chi connectivity index (χ1) is 16.7. The molecule has 0 atom stereocenters. The molecule has 2 aromatic heterocycles. The van der Waals surface area contributed by atoms with E-state index in [1.165, 1.54) is 6.08 Å². The zero-order valence-electron chi connectivity index (χ0n) is 18.6. The van der Waals surface area contributed by atoms with Gasteiger partial charge in [-0.05, 0) is 84.5 Å². The van der Waals surface area contributed by atoms with E-state index in [4.69, 9.17) is 0 Å². The van der Waals surface area contributed by atoms with Crippen LogP contribution >= 0.6 is 0 Å². The minimum absolute atomic E-state index is 0.103. The minimum Gasteiger partial charge on any atom is -0.507 e. The summed E-state index contributed by atoms with van der Waals surface area (Å²) in [5, 5.41) is 19.3. The van der Waals surface area contributed by atoms with Crippen molar-refractivity contribution in [2.24, 2.45) is 0 Å². The lowest BCUT2D eigenvalue weighted by Crippen LogP contribution is -2.10. The van der Waals surface area contributed by atoms with Crippen molar-refractivity contribution in [2.75, 3.05) is 0 Å². The van der Waals surface area contributed by atoms with Gasteiger partial charge in [0.05, 0.1) is 11.4 Å². The monoisotopic (exact) mass is 448 g/mol. The van der Waals surface area contributed by atoms with Gasteiger partial charge in [0.2, 0.25) is 0 Å². The fourth-order valence-corrected chi connectivity index (χ4v) is 4.04. The third-order valence-electron chi connectivity index (χ3n) is 5.85. The zero-order chi connectivity index (χ0) is 23.3. The number of nitrogens with zero attached hydrogens (tertiary/aromatic N) is 4. The average Bonchev–Trinajstić information content (AvgIpc) is 3.60. The lowest BCUT2D eigenvalue weighted by Gasteiger charge is -2.17. The first-order valence-electron chi connectivity index (χ1n) is 11.2. The van der Waals surface area contributed by atoms with Gasteiger partial charge in [0.25, 0.3) is 0 Å². The standard InChI is InChI=1S/C28H24N4O2/c33-27(15-10-21-6-11-24(12-7-21)31-18-2-16-29-31)26-5-1-4-23(28(26)34)20-22-8-13-25(14-9-22)32-19-3-17-30-32/h2-3,6-20,34H,1,4-5H2/b15-10+,23-20+. The van der Waals surface area contributed by atoms with Gasteiger partial charge in [0, 0.05) is 30.4 Å². The van der Waals surface area contributed by atoms with Crippen LogP contribution in [0.25, 0.3) is 23.5 Å². The number of allylic oxidation sites excluding steroid dienone is 3. The van der Waals surface area contributed by atoms with E-state index in [-0.39, 0.29) is 11.5 Å². The maximum Gasteiger partial charge on any atom is 0.185 e. The molecule has 2 aromatic carbocycles. The molecule has 1 N–H and O–H groups in total. The quantitative estimate of drug-likeness (QED) is 0.383. The lowest BCUT2D eigenvalue weighted by atomic mass is 9.89. The molecule has 0 saturated heterocycles. The van der Waals surface area contributed by atoms with E-state index in [0.717, 1.165) is 40.9 Å². The molecule has 0 radical (unpaired) electrons. The van der Waals surface area contributed by atoms with E-state index in [2.05, 4.69) is 10.2 Å². The SMILES string of the molecule is O=C(/C=C/c1ccc(-n2cccn2)cc1)C1=C(O)/C(=C/c2ccc(-n3cccn3)cc2)CCC1. The van der Waals surface area contributed by atoms with Crippen molar-refractivity contribution in [3.63, 3.8) is 0 Å². The number of benzene rings is 2. The molecule has 1 aliphatic carbocycles. The van der Waals surface area contributed by atoms with Crippen molar-refractivity contribution in [3.05, 3.63) is 120 Å². The second kappa shape index (κ2) is 9.58. The molecule has 0 amide bonds. The van der Waals surface area contributed by atoms with Gasteiger partial charge in [-0.2, -0.15) is 10.2 Å². The third-order valence-corrected chi connectivity index (χ3v) is 5.85. The van der Waals surface area contributed by atoms with Crippen LogP contribution in [-0.4, -0.2) is 30.5 Å². The van der Waals surface area contributed by atoms with Gasteiger partial charge in [-0.1, -0.05) is 30.3 Å². The molecule has 0 saturated carbocycles. The fourth-order valence-electron chi connectivity index (χ4n) is 4.04. The van der Waals surface area contributed by atoms with Crippen LogP contribution in [0.15, 0.2) is 108 Å². The van der Waals surface area contributed by atoms with Crippen LogP contribution in [0, 0.1) is 0 Å². The highest BCUT2D eigenvalue weighted by atomic mass is 16.3. The Labute approximate surface area is 197 Å². The molecule has 0 aliphatic heterocycles. The smallest absolute Gasteiger partial charge is 0.185 e. The van der Waals surface area contributed by atoms with Crippen molar-refractivity contribution in [2.45, 2.75) is 19.3 Å². The minimum atomic E-state index is -0.159. The molecule has 0 bridgehead atoms. The number of aromatic nitrogens is 4. The Morgan fingerprint density at radius 3 is 1.97 bits per heavy atom. The normalized spacial score (nSPS) is 15.4. The summed E-state index contributed by atoms with van der Waals surface area (Å²) in [6.07, 6.45) is 14.7. The molecule has 6 heteroatoms. The lowest BCUT2D eigenvalue weighted by molar-refractivity contribution is -0.111. The molecule has 1 aliphatic rings. The summed E-state index contributed by atoms with van der Waals surface area (Å²) >= 11 is 0. The number of carbonyl (C=O) groups is 1. The number of aliphatic hydroxyl groups is 1. The molecular weight excluding hydrogens is 424 g/mol. The summed E-state index contributed by atoms with van der Waals surface area (Å²) in [6.45, 7) is 0. The molecule has 0 unspecified atom stereocenters. The van der Waals surface area contributed by atoms with E-state index in [9.17, 15) is 9.90 Å². The zero-order valence-corrected chi connectivity index (χ0v) is 18.6. The molecule has 168 valence electrons. The second-order valence-corrected chi connectivity index (χ2v) is 8.13. The van der Waals surface area contributed by atoms with Gasteiger partial charge >= 0.3 is 0 Å². The maximum absolute atomic E-state index is 12.9. The van der Waals surface area contributed by atoms with E-state index in [1.807, 2.05) is 79.1 Å². The largest absolute Gasteiger partial charge is 0.507 e. The molecule has 34 heavy (non-hydrogen) atoms. The average molecular weight is 449 g/mol. The Morgan fingerprint density at radius 2 is 1.41 bits per heavy atom. The Bertz CT molecular complexity index is 1360. The van der Waals surface area contributed by atoms with Crippen LogP contribution in [-0.2, 0) is 4.79 Å². The molecule has 0 spiro atoms. The number of carbonyl (C=O) groups excluding carboxylic acids is 1. The van der Waals surface area contributed by atoms with Crippen molar-refractivity contribution in [3.8, 4) is 11.4 Å². The summed E-state index contributed by atoms with van der Waals surface area (Å²) in [6, 6.07) is 19.5. The number of ketones is 1. The molecule has 4 aromatic rings. The molecule has 6 nitrogen and oxygen atoms in total. The van der Waals surface area contributed by atoms with Crippen LogP contribution in [0.1, 0.15) is 30.4 Å². The summed E-state index contributed by atoms with van der Waals surface area (Å²) in [5.74, 6) is -0.0561. The first-order valence-corrected chi connectivity index (χ1v) is 11.2. The first kappa shape index (κ1) is 21.4. The molecule has 0 fully saturated rings. The van der Waals surface area contributed by atoms with Gasteiger partial charge in [-0.3, -0.25) is 4.79 Å². The highest BCUT2D eigenvalue weighted by Gasteiger charge is 2.21. The van der Waals surface area contributed by atoms with Crippen molar-refractivity contribution < 1.29 is 9.90 Å². The third kappa shape index (κ3) is 4.66. The van der Waals surface area contributed by atoms with Crippen molar-refractivity contribution >= 4 is 17.9 Å². The molecule has 2 heterocycles. The van der Waals surface area contributed by atoms with E-state index in [1.54, 1.807) is 27.8 Å². The van der Waals surface area contributed by atoms with Crippen LogP contribution in [0.5, 0.6) is 0 Å². The number of hydrogen-bond acceptors (Lipinski definition) is 4. The van der Waals surface area contributed by atoms with Crippen LogP contribution in [0.3, 0.4) is 0 Å². The summed E-state index contributed by atoms with van der Waals surface area (Å²) < 4.78 is 3.57. The number of hydrogen-bond donors (Lipinski definition) is 1. The van der Waals surface area contributed by atoms with E-state index in [0.29, 0.717) is 12.0 Å². The van der Waals surface area contributed by atoms with Gasteiger partial charge in [0.1, 0.15) is 5.76 Å². The van der Waals surface area contributed by atoms with Gasteiger partial charge in [-0.25, -0.2) is 9.36 Å². The molecule has 5 rings (SSSR count). The summed E-state index contributed by atoms with van der Waals surface area (Å²) in [7, 11) is 0. The Hall–Kier alpha value is -4.45. The van der Waals surface area contributed by atoms with Crippen molar-refractivity contribution in [1.29, 1.82) is 0 Å². The summed E-state index contributed by atoms with van der Waals surface area (Å²) in [4.78, 5) is 12.9. The Balaban J connectivity index is 1.31. The van der Waals surface area contributed by atoms with Crippen LogP contribution in [0.4, 0.5) is 0 Å². The van der Waals surface area contributed by atoms with E-state index >= 15 is 0 Å². The molecular formula is C28H24N4O2. The predicted molar refractivity (Wildman–Crippen MR) is 133 cm³/mol. The highest BCUT2D eigenvalue weighted by molar-refractivity contribution is 6.07. The topological polar surface area (TPSA) is 72.9 Å². The van der Waals surface area contributed by atoms with Gasteiger partial charge in [0.15, 0.2) is 5.78 Å². The summed E-state index contributed by atoms with van der Waals surface area (Å²) in [5.41, 5.74) is 5.06. The predicted octanol–water partition coefficient (Wildman–Crippen LogP) is 5.72. The number of aliphatic hydroxyl groups excluding tert-OH is 1. The van der Waals surface area contributed by atoms with Gasteiger partial charge < -0.3 is 5.11 Å².